The van der Waals surface area contributed by atoms with Gasteiger partial charge in [-0.25, -0.2) is 9.98 Å². The Morgan fingerprint density at radius 1 is 0.800 bits per heavy atom. The van der Waals surface area contributed by atoms with E-state index < -0.39 is 131 Å². The molecule has 1 aliphatic carbocycles. The summed E-state index contributed by atoms with van der Waals surface area (Å²) in [6, 6.07) is -4.08. The molecule has 0 aromatic heterocycles. The van der Waals surface area contributed by atoms with Crippen molar-refractivity contribution in [2.45, 2.75) is 98.2 Å². The van der Waals surface area contributed by atoms with Gasteiger partial charge in [0.05, 0.1) is 18.8 Å². The van der Waals surface area contributed by atoms with Crippen molar-refractivity contribution in [3.8, 4) is 0 Å². The number of carbonyl (C=O) groups is 1. The molecule has 3 rings (SSSR count). The highest BCUT2D eigenvalue weighted by Crippen LogP contribution is 2.38. The summed E-state index contributed by atoms with van der Waals surface area (Å²) in [4.78, 5) is 19.7. The molecule has 29 heteroatoms. The molecule has 0 amide bonds. The molecule has 1 saturated carbocycles. The maximum Gasteiger partial charge on any atom is 0.394 e. The maximum atomic E-state index is 12.1. The minimum Gasteiger partial charge on any atom is -0.394 e. The molecule has 0 bridgehead atoms. The van der Waals surface area contributed by atoms with Crippen molar-refractivity contribution in [3.05, 3.63) is 0 Å². The molecular formula is C21H43N7O20S2. The van der Waals surface area contributed by atoms with Gasteiger partial charge in [-0.1, -0.05) is 0 Å². The molecule has 0 aromatic rings. The number of nitrogens with one attached hydrogen (secondary N) is 1. The number of aliphatic imine (C=N–C) groups is 2. The monoisotopic (exact) mass is 777 g/mol. The number of rotatable bonds is 9. The summed E-state index contributed by atoms with van der Waals surface area (Å²) in [5, 5.41) is 76.6. The van der Waals surface area contributed by atoms with Gasteiger partial charge in [0, 0.05) is 0 Å². The van der Waals surface area contributed by atoms with Crippen LogP contribution in [0.1, 0.15) is 6.92 Å². The first-order valence-corrected chi connectivity index (χ1v) is 16.6. The zero-order chi connectivity index (χ0) is 39.1. The van der Waals surface area contributed by atoms with Crippen molar-refractivity contribution in [1.82, 2.24) is 5.32 Å². The zero-order valence-corrected chi connectivity index (χ0v) is 27.6. The van der Waals surface area contributed by atoms with E-state index in [-0.39, 0.29) is 6.29 Å². The third-order valence-corrected chi connectivity index (χ3v) is 7.34. The van der Waals surface area contributed by atoms with E-state index in [2.05, 4.69) is 15.3 Å². The lowest BCUT2D eigenvalue weighted by molar-refractivity contribution is -0.314. The lowest BCUT2D eigenvalue weighted by atomic mass is 9.81. The molecule has 2 aliphatic heterocycles. The number of nitrogens with two attached hydrogens (primary N) is 4. The van der Waals surface area contributed by atoms with Crippen LogP contribution in [-0.4, -0.2) is 194 Å². The molecule has 0 spiro atoms. The molecular weight excluding hydrogens is 734 g/mol. The maximum absolute atomic E-state index is 12.1. The molecule has 15 atom stereocenters. The van der Waals surface area contributed by atoms with E-state index in [0.717, 1.165) is 0 Å². The number of nitrogens with zero attached hydrogens (tertiary/aromatic N) is 2. The highest BCUT2D eigenvalue weighted by Gasteiger charge is 2.60. The van der Waals surface area contributed by atoms with E-state index in [4.69, 9.17) is 76.9 Å². The standard InChI is InChI=1S/C21H39N7O12.2H2O4S/c1-5-21(36,4-30)16(40-17-9(26-2)13(34)10(31)6(3-29)38-17)18(37-5)39-15-8(28-20(24)25)11(32)7(27-19(22)23)12(33)14(15)35;2*1-5(2,3)4/h4-18,26,29,31-36H,3H2,1-2H3,(H4,22,23,27)(H4,24,25,28);2*(H2,1,2,3,4)/t5-,6-,7-,8+,9-,10-,11-,12+,13-,14-,15-,16-,17-,18-,21+;;/m0../s1. The van der Waals surface area contributed by atoms with Gasteiger partial charge in [-0.3, -0.25) is 23.0 Å². The quantitative estimate of drug-likeness (QED) is 0.0447. The van der Waals surface area contributed by atoms with Gasteiger partial charge in [0.1, 0.15) is 60.9 Å². The molecule has 2 heterocycles. The fourth-order valence-corrected chi connectivity index (χ4v) is 5.08. The van der Waals surface area contributed by atoms with E-state index in [1.807, 2.05) is 0 Å². The SMILES string of the molecule is CN[C@@H]1[C@H](O[C@H]2[C@H](O[C@@H]3[C@@H](O)[C@H](O)[C@@H](N=C(N)N)[C@H](O)[C@H]3N=C(N)N)O[C@@H](C)[C@]2(O)C=O)O[C@@H](CO)[C@H](O)[C@H]1O.O=S(=O)(O)O.O=S(=O)(O)O. The van der Waals surface area contributed by atoms with Gasteiger partial charge in [0.25, 0.3) is 0 Å². The van der Waals surface area contributed by atoms with Crippen molar-refractivity contribution in [2.24, 2.45) is 32.9 Å². The van der Waals surface area contributed by atoms with Gasteiger partial charge in [-0.15, -0.1) is 0 Å². The second-order valence-corrected chi connectivity index (χ2v) is 12.6. The number of aliphatic hydroxyl groups is 7. The number of aliphatic hydroxyl groups excluding tert-OH is 6. The lowest BCUT2D eigenvalue weighted by Crippen LogP contribution is -2.66. The van der Waals surface area contributed by atoms with Crippen LogP contribution in [0.3, 0.4) is 0 Å². The van der Waals surface area contributed by atoms with E-state index in [9.17, 15) is 40.5 Å². The third kappa shape index (κ3) is 12.6. The topological polar surface area (TPSA) is 486 Å². The molecule has 0 unspecified atom stereocenters. The molecule has 50 heavy (non-hydrogen) atoms. The van der Waals surface area contributed by atoms with Gasteiger partial charge in [0.15, 0.2) is 36.4 Å². The van der Waals surface area contributed by atoms with E-state index in [0.29, 0.717) is 0 Å². The first-order chi connectivity index (χ1) is 22.7. The minimum absolute atomic E-state index is 0.140. The van der Waals surface area contributed by atoms with Gasteiger partial charge in [0.2, 0.25) is 0 Å². The molecule has 0 radical (unpaired) electrons. The number of carbonyl (C=O) groups excluding carboxylic acids is 1. The van der Waals surface area contributed by atoms with Crippen LogP contribution >= 0.6 is 0 Å². The minimum atomic E-state index is -4.67. The molecule has 27 nitrogen and oxygen atoms in total. The zero-order valence-electron chi connectivity index (χ0n) is 26.0. The first-order valence-electron chi connectivity index (χ1n) is 13.8. The molecule has 3 fully saturated rings. The average Bonchev–Trinajstić information content (AvgIpc) is 3.20. The Bertz CT molecular complexity index is 1340. The summed E-state index contributed by atoms with van der Waals surface area (Å²) in [6.45, 7) is 0.620. The summed E-state index contributed by atoms with van der Waals surface area (Å²) < 4.78 is 86.1. The van der Waals surface area contributed by atoms with Gasteiger partial charge >= 0.3 is 20.8 Å². The lowest BCUT2D eigenvalue weighted by Gasteiger charge is -2.45. The highest BCUT2D eigenvalue weighted by molar-refractivity contribution is 7.80. The van der Waals surface area contributed by atoms with Crippen molar-refractivity contribution in [1.29, 1.82) is 0 Å². The molecule has 294 valence electrons. The van der Waals surface area contributed by atoms with Crippen LogP contribution in [0.25, 0.3) is 0 Å². The Hall–Kier alpha value is -2.53. The number of likely N-dealkylation sites (N-methyl/N-ethyl adjacent to an activating group) is 1. The van der Waals surface area contributed by atoms with Crippen LogP contribution in [0.2, 0.25) is 0 Å². The summed E-state index contributed by atoms with van der Waals surface area (Å²) >= 11 is 0. The molecule has 0 aromatic carbocycles. The first kappa shape index (κ1) is 45.5. The van der Waals surface area contributed by atoms with Gasteiger partial charge in [-0.05, 0) is 14.0 Å². The number of hydrogen-bond donors (Lipinski definition) is 16. The number of guanidine groups is 2. The second-order valence-electron chi connectivity index (χ2n) is 10.8. The Morgan fingerprint density at radius 2 is 1.28 bits per heavy atom. The van der Waals surface area contributed by atoms with E-state index in [1.54, 1.807) is 0 Å². The summed E-state index contributed by atoms with van der Waals surface area (Å²) in [6.07, 6.45) is -17.3. The van der Waals surface area contributed by atoms with Crippen molar-refractivity contribution in [2.75, 3.05) is 13.7 Å². The van der Waals surface area contributed by atoms with Crippen LogP contribution in [-0.2, 0) is 44.5 Å². The fourth-order valence-electron chi connectivity index (χ4n) is 5.08. The summed E-state index contributed by atoms with van der Waals surface area (Å²) in [7, 11) is -7.92. The summed E-state index contributed by atoms with van der Waals surface area (Å²) in [5.74, 6) is -1.03. The molecule has 20 N–H and O–H groups in total. The molecule has 2 saturated heterocycles. The molecule has 3 aliphatic rings. The predicted molar refractivity (Wildman–Crippen MR) is 161 cm³/mol. The Balaban J connectivity index is 0.00000109. The number of hydrogen-bond acceptors (Lipinski definition) is 19. The predicted octanol–water partition coefficient (Wildman–Crippen LogP) is -9.47. The van der Waals surface area contributed by atoms with Crippen LogP contribution in [0.5, 0.6) is 0 Å². The second kappa shape index (κ2) is 18.3. The van der Waals surface area contributed by atoms with E-state index >= 15 is 0 Å². The fraction of sp³-hybridized carbons (Fsp3) is 0.857. The average molecular weight is 778 g/mol. The Labute approximate surface area is 283 Å². The van der Waals surface area contributed by atoms with Crippen molar-refractivity contribution >= 4 is 39.0 Å². The summed E-state index contributed by atoms with van der Waals surface area (Å²) in [5.41, 5.74) is 19.4. The van der Waals surface area contributed by atoms with Crippen LogP contribution in [0.4, 0.5) is 0 Å². The number of aldehydes is 1. The Kier molecular flexibility index (Phi) is 16.6. The largest absolute Gasteiger partial charge is 0.394 e. The van der Waals surface area contributed by atoms with Gasteiger partial charge < -0.3 is 82.9 Å². The van der Waals surface area contributed by atoms with E-state index in [1.165, 1.54) is 14.0 Å². The van der Waals surface area contributed by atoms with Crippen LogP contribution in [0, 0.1) is 0 Å². The van der Waals surface area contributed by atoms with Crippen LogP contribution in [0.15, 0.2) is 9.98 Å². The highest BCUT2D eigenvalue weighted by atomic mass is 32.3. The number of ether oxygens (including phenoxy) is 4. The van der Waals surface area contributed by atoms with Crippen molar-refractivity contribution in [3.63, 3.8) is 0 Å². The smallest absolute Gasteiger partial charge is 0.394 e. The van der Waals surface area contributed by atoms with Crippen molar-refractivity contribution < 1.29 is 94.5 Å². The van der Waals surface area contributed by atoms with Crippen LogP contribution < -0.4 is 28.3 Å². The normalized spacial score (nSPS) is 40.3. The third-order valence-electron chi connectivity index (χ3n) is 7.34. The Morgan fingerprint density at radius 3 is 1.70 bits per heavy atom. The van der Waals surface area contributed by atoms with Gasteiger partial charge in [-0.2, -0.15) is 16.8 Å².